The third kappa shape index (κ3) is 3.15. The van der Waals surface area contributed by atoms with Gasteiger partial charge in [0.25, 0.3) is 0 Å². The van der Waals surface area contributed by atoms with Crippen LogP contribution in [-0.2, 0) is 7.05 Å². The molecule has 128 valence electrons. The highest BCUT2D eigenvalue weighted by atomic mass is 32.1. The van der Waals surface area contributed by atoms with Crippen molar-refractivity contribution < 1.29 is 4.40 Å². The smallest absolute Gasteiger partial charge is 0.345 e. The lowest BCUT2D eigenvalue weighted by Crippen LogP contribution is -2.34. The summed E-state index contributed by atoms with van der Waals surface area (Å²) >= 11 is 1.73. The lowest BCUT2D eigenvalue weighted by atomic mass is 10.1. The van der Waals surface area contributed by atoms with E-state index in [1.54, 1.807) is 17.6 Å². The van der Waals surface area contributed by atoms with E-state index in [9.17, 15) is 0 Å². The van der Waals surface area contributed by atoms with E-state index in [-0.39, 0.29) is 0 Å². The summed E-state index contributed by atoms with van der Waals surface area (Å²) in [6.45, 7) is 1.96. The molecule has 0 radical (unpaired) electrons. The van der Waals surface area contributed by atoms with Gasteiger partial charge in [-0.1, -0.05) is 23.5 Å². The van der Waals surface area contributed by atoms with Gasteiger partial charge in [0.05, 0.1) is 13.3 Å². The van der Waals surface area contributed by atoms with Gasteiger partial charge in [0, 0.05) is 24.0 Å². The molecule has 0 atom stereocenters. The predicted octanol–water partition coefficient (Wildman–Crippen LogP) is 2.24. The second-order valence-corrected chi connectivity index (χ2v) is 7.06. The maximum Gasteiger partial charge on any atom is 0.345 e. The van der Waals surface area contributed by atoms with Crippen LogP contribution in [0.15, 0.2) is 52.2 Å². The van der Waals surface area contributed by atoms with Gasteiger partial charge >= 0.3 is 4.96 Å². The molecule has 3 heterocycles. The Hall–Kier alpha value is -2.67. The van der Waals surface area contributed by atoms with Crippen LogP contribution in [0.3, 0.4) is 0 Å². The molecule has 0 amide bonds. The summed E-state index contributed by atoms with van der Waals surface area (Å²) in [6, 6.07) is 8.31. The van der Waals surface area contributed by atoms with Gasteiger partial charge in [0.2, 0.25) is 5.96 Å². The molecule has 1 fully saturated rings. The van der Waals surface area contributed by atoms with Gasteiger partial charge in [0.1, 0.15) is 12.4 Å². The summed E-state index contributed by atoms with van der Waals surface area (Å²) in [5, 5.41) is 10.3. The number of rotatable bonds is 3. The number of thiazole rings is 1. The number of guanidine groups is 1. The van der Waals surface area contributed by atoms with Crippen LogP contribution in [0.25, 0.3) is 16.2 Å². The van der Waals surface area contributed by atoms with Crippen molar-refractivity contribution in [3.63, 3.8) is 0 Å². The van der Waals surface area contributed by atoms with Crippen molar-refractivity contribution in [3.05, 3.63) is 47.6 Å². The van der Waals surface area contributed by atoms with Crippen LogP contribution in [0, 0.1) is 0 Å². The molecule has 6 nitrogen and oxygen atoms in total. The minimum absolute atomic E-state index is 0.506. The number of aromatic nitrogens is 2. The fraction of sp³-hybridized carbons (Fsp3) is 0.278. The lowest BCUT2D eigenvalue weighted by molar-refractivity contribution is -0.505. The van der Waals surface area contributed by atoms with E-state index in [1.165, 1.54) is 29.1 Å². The highest BCUT2D eigenvalue weighted by Gasteiger charge is 2.16. The van der Waals surface area contributed by atoms with E-state index in [0.717, 1.165) is 18.7 Å². The largest absolute Gasteiger partial charge is 0.368 e. The normalized spacial score (nSPS) is 15.7. The quantitative estimate of drug-likeness (QED) is 0.340. The Bertz CT molecular complexity index is 928. The van der Waals surface area contributed by atoms with Gasteiger partial charge in [-0.25, -0.2) is 4.57 Å². The van der Waals surface area contributed by atoms with Crippen LogP contribution in [-0.4, -0.2) is 34.7 Å². The van der Waals surface area contributed by atoms with Crippen molar-refractivity contribution >= 4 is 28.5 Å². The first-order valence-electron chi connectivity index (χ1n) is 8.38. The molecule has 1 aliphatic heterocycles. The average Bonchev–Trinajstić information content (AvgIpc) is 3.35. The fourth-order valence-corrected chi connectivity index (χ4v) is 3.93. The van der Waals surface area contributed by atoms with E-state index in [2.05, 4.69) is 61.0 Å². The van der Waals surface area contributed by atoms with Gasteiger partial charge < -0.3 is 10.6 Å². The van der Waals surface area contributed by atoms with Crippen LogP contribution in [0.1, 0.15) is 18.4 Å². The zero-order valence-corrected chi connectivity index (χ0v) is 15.0. The Balaban J connectivity index is 1.50. The first-order chi connectivity index (χ1) is 12.2. The topological polar surface area (TPSA) is 63.0 Å². The SMILES string of the molecule is Cn1c(-c2ccc(/C=N/N=C(\N)N3CCCC3)cc2)c[n+]2ccsc12. The maximum absolute atomic E-state index is 5.94. The van der Waals surface area contributed by atoms with E-state index in [0.29, 0.717) is 5.96 Å². The molecule has 1 saturated heterocycles. The monoisotopic (exact) mass is 353 g/mol. The van der Waals surface area contributed by atoms with E-state index in [1.807, 2.05) is 12.1 Å². The molecule has 0 bridgehead atoms. The van der Waals surface area contributed by atoms with Crippen LogP contribution >= 0.6 is 11.3 Å². The molecule has 0 spiro atoms. The molecule has 0 aliphatic carbocycles. The zero-order chi connectivity index (χ0) is 17.2. The van der Waals surface area contributed by atoms with Gasteiger partial charge in [-0.2, -0.15) is 9.50 Å². The van der Waals surface area contributed by atoms with Crippen molar-refractivity contribution in [1.82, 2.24) is 9.47 Å². The first kappa shape index (κ1) is 15.8. The summed E-state index contributed by atoms with van der Waals surface area (Å²) < 4.78 is 4.35. The van der Waals surface area contributed by atoms with Crippen molar-refractivity contribution in [2.75, 3.05) is 13.1 Å². The standard InChI is InChI=1S/C18H21N6S/c1-22-16(13-24-10-11-25-18(22)24)15-6-4-14(5-7-15)12-20-21-17(19)23-8-2-3-9-23/h4-7,10-13H,2-3,8-9H2,1H3,(H2,19,21)/q+1/b20-12+. The molecule has 1 aromatic carbocycles. The van der Waals surface area contributed by atoms with Crippen LogP contribution in [0.2, 0.25) is 0 Å². The Kier molecular flexibility index (Phi) is 4.23. The van der Waals surface area contributed by atoms with E-state index >= 15 is 0 Å². The minimum atomic E-state index is 0.506. The number of fused-ring (bicyclic) bond motifs is 1. The van der Waals surface area contributed by atoms with Crippen molar-refractivity contribution in [1.29, 1.82) is 0 Å². The summed E-state index contributed by atoms with van der Waals surface area (Å²) in [7, 11) is 2.09. The molecule has 2 aromatic heterocycles. The maximum atomic E-state index is 5.94. The Morgan fingerprint density at radius 1 is 1.24 bits per heavy atom. The van der Waals surface area contributed by atoms with Crippen molar-refractivity contribution in [2.45, 2.75) is 12.8 Å². The van der Waals surface area contributed by atoms with Crippen LogP contribution in [0.5, 0.6) is 0 Å². The molecular formula is C18H21N6S+. The average molecular weight is 353 g/mol. The number of hydrogen-bond donors (Lipinski definition) is 1. The number of nitrogens with two attached hydrogens (primary N) is 1. The van der Waals surface area contributed by atoms with Crippen LogP contribution < -0.4 is 10.1 Å². The third-order valence-electron chi connectivity index (χ3n) is 4.53. The number of nitrogens with zero attached hydrogens (tertiary/aromatic N) is 5. The van der Waals surface area contributed by atoms with Gasteiger partial charge in [-0.05, 0) is 30.5 Å². The highest BCUT2D eigenvalue weighted by molar-refractivity contribution is 7.14. The molecule has 3 aromatic rings. The Labute approximate surface area is 150 Å². The van der Waals surface area contributed by atoms with Crippen molar-refractivity contribution in [2.24, 2.45) is 23.0 Å². The van der Waals surface area contributed by atoms with E-state index < -0.39 is 0 Å². The zero-order valence-electron chi connectivity index (χ0n) is 14.2. The first-order valence-corrected chi connectivity index (χ1v) is 9.26. The molecule has 7 heteroatoms. The summed E-state index contributed by atoms with van der Waals surface area (Å²) in [6.07, 6.45) is 8.32. The Morgan fingerprint density at radius 3 is 2.72 bits per heavy atom. The molecular weight excluding hydrogens is 332 g/mol. The molecule has 4 rings (SSSR count). The minimum Gasteiger partial charge on any atom is -0.368 e. The summed E-state index contributed by atoms with van der Waals surface area (Å²) in [5.41, 5.74) is 9.31. The molecule has 0 unspecified atom stereocenters. The van der Waals surface area contributed by atoms with Gasteiger partial charge in [-0.3, -0.25) is 0 Å². The third-order valence-corrected chi connectivity index (χ3v) is 5.48. The summed E-state index contributed by atoms with van der Waals surface area (Å²) in [4.78, 5) is 3.28. The molecule has 2 N–H and O–H groups in total. The number of likely N-dealkylation sites (tertiary alicyclic amines) is 1. The number of benzene rings is 1. The van der Waals surface area contributed by atoms with Gasteiger partial charge in [0.15, 0.2) is 5.69 Å². The number of imidazole rings is 1. The molecule has 0 saturated carbocycles. The van der Waals surface area contributed by atoms with E-state index in [4.69, 9.17) is 5.73 Å². The highest BCUT2D eigenvalue weighted by Crippen LogP contribution is 2.21. The second-order valence-electron chi connectivity index (χ2n) is 6.19. The fourth-order valence-electron chi connectivity index (χ4n) is 3.13. The van der Waals surface area contributed by atoms with Crippen molar-refractivity contribution in [3.8, 4) is 11.3 Å². The van der Waals surface area contributed by atoms with Gasteiger partial charge in [-0.15, -0.1) is 5.10 Å². The second kappa shape index (κ2) is 6.68. The Morgan fingerprint density at radius 2 is 2.00 bits per heavy atom. The number of aryl methyl sites for hydroxylation is 1. The molecule has 1 aliphatic rings. The molecule has 25 heavy (non-hydrogen) atoms. The summed E-state index contributed by atoms with van der Waals surface area (Å²) in [5.74, 6) is 0.506. The lowest BCUT2D eigenvalue weighted by Gasteiger charge is -2.13. The van der Waals surface area contributed by atoms with Crippen LogP contribution in [0.4, 0.5) is 0 Å². The number of hydrogen-bond acceptors (Lipinski definition) is 3. The predicted molar refractivity (Wildman–Crippen MR) is 102 cm³/mol.